The van der Waals surface area contributed by atoms with Crippen molar-refractivity contribution in [1.29, 1.82) is 0 Å². The Kier molecular flexibility index (Phi) is 3.54. The van der Waals surface area contributed by atoms with Crippen LogP contribution in [0.1, 0.15) is 42.3 Å². The maximum Gasteiger partial charge on any atom is 0.172 e. The monoisotopic (exact) mass is 346 g/mol. The lowest BCUT2D eigenvalue weighted by molar-refractivity contribution is -0.136. The first-order valence-electron chi connectivity index (χ1n) is 7.75. The van der Waals surface area contributed by atoms with E-state index >= 15 is 0 Å². The second-order valence-electron chi connectivity index (χ2n) is 6.71. The minimum atomic E-state index is -1.48. The molecule has 1 aliphatic heterocycles. The normalized spacial score (nSPS) is 27.2. The smallest absolute Gasteiger partial charge is 0.172 e. The minimum absolute atomic E-state index is 0.0281. The standard InChI is InChI=1S/C18H18O7/c1-6-14(22)12(8(3)20)16-13(15(6)23)18(4)10(25-16)5-9(21)11(7(2)19)17(18)24/h5,11,17,22-24H,1-4H3/t11-,17-,18-/m1/s1. The third kappa shape index (κ3) is 1.99. The van der Waals surface area contributed by atoms with Crippen molar-refractivity contribution < 1.29 is 34.4 Å². The number of hydrogen-bond donors (Lipinski definition) is 3. The summed E-state index contributed by atoms with van der Waals surface area (Å²) in [6.45, 7) is 5.38. The van der Waals surface area contributed by atoms with Crippen molar-refractivity contribution in [1.82, 2.24) is 0 Å². The van der Waals surface area contributed by atoms with Crippen molar-refractivity contribution in [3.05, 3.63) is 28.5 Å². The van der Waals surface area contributed by atoms with Crippen molar-refractivity contribution >= 4 is 17.3 Å². The lowest BCUT2D eigenvalue weighted by Gasteiger charge is -2.37. The molecule has 3 rings (SSSR count). The van der Waals surface area contributed by atoms with E-state index in [2.05, 4.69) is 0 Å². The number of ether oxygens (including phenoxy) is 1. The topological polar surface area (TPSA) is 121 Å². The number of hydrogen-bond acceptors (Lipinski definition) is 7. The molecular formula is C18H18O7. The second kappa shape index (κ2) is 5.16. The van der Waals surface area contributed by atoms with Gasteiger partial charge >= 0.3 is 0 Å². The molecule has 1 heterocycles. The Bertz CT molecular complexity index is 880. The summed E-state index contributed by atoms with van der Waals surface area (Å²) < 4.78 is 5.62. The van der Waals surface area contributed by atoms with E-state index < -0.39 is 40.5 Å². The highest BCUT2D eigenvalue weighted by atomic mass is 16.5. The summed E-state index contributed by atoms with van der Waals surface area (Å²) in [5, 5.41) is 31.6. The molecule has 25 heavy (non-hydrogen) atoms. The zero-order chi connectivity index (χ0) is 18.8. The van der Waals surface area contributed by atoms with Crippen LogP contribution >= 0.6 is 0 Å². The van der Waals surface area contributed by atoms with E-state index in [1.165, 1.54) is 27.7 Å². The van der Waals surface area contributed by atoms with Crippen LogP contribution in [0.4, 0.5) is 0 Å². The van der Waals surface area contributed by atoms with Crippen molar-refractivity contribution in [2.45, 2.75) is 39.2 Å². The zero-order valence-corrected chi connectivity index (χ0v) is 14.2. The molecular weight excluding hydrogens is 328 g/mol. The van der Waals surface area contributed by atoms with Crippen molar-refractivity contribution in [2.24, 2.45) is 5.92 Å². The highest BCUT2D eigenvalue weighted by molar-refractivity contribution is 6.09. The van der Waals surface area contributed by atoms with Crippen molar-refractivity contribution in [2.75, 3.05) is 0 Å². The second-order valence-corrected chi connectivity index (χ2v) is 6.71. The van der Waals surface area contributed by atoms with E-state index in [4.69, 9.17) is 4.74 Å². The third-order valence-electron chi connectivity index (χ3n) is 5.16. The molecule has 0 aromatic heterocycles. The number of Topliss-reactive ketones (excluding diaryl/α,β-unsaturated/α-hetero) is 2. The van der Waals surface area contributed by atoms with Gasteiger partial charge in [0.2, 0.25) is 0 Å². The fourth-order valence-electron chi connectivity index (χ4n) is 3.68. The summed E-state index contributed by atoms with van der Waals surface area (Å²) >= 11 is 0. The van der Waals surface area contributed by atoms with E-state index in [0.29, 0.717) is 0 Å². The molecule has 0 radical (unpaired) electrons. The van der Waals surface area contributed by atoms with E-state index in [0.717, 1.165) is 6.08 Å². The number of phenolic OH excluding ortho intramolecular Hbond substituents is 2. The van der Waals surface area contributed by atoms with E-state index in [-0.39, 0.29) is 33.9 Å². The van der Waals surface area contributed by atoms with Gasteiger partial charge in [0.15, 0.2) is 11.6 Å². The van der Waals surface area contributed by atoms with Crippen LogP contribution in [-0.2, 0) is 15.0 Å². The highest BCUT2D eigenvalue weighted by Crippen LogP contribution is 2.58. The van der Waals surface area contributed by atoms with Gasteiger partial charge in [-0.25, -0.2) is 0 Å². The predicted octanol–water partition coefficient (Wildman–Crippen LogP) is 1.29. The van der Waals surface area contributed by atoms with Crippen LogP contribution < -0.4 is 4.74 Å². The summed E-state index contributed by atoms with van der Waals surface area (Å²) in [7, 11) is 0. The molecule has 2 aliphatic rings. The van der Waals surface area contributed by atoms with Crippen LogP contribution in [0.5, 0.6) is 17.2 Å². The first-order valence-corrected chi connectivity index (χ1v) is 7.75. The number of phenols is 2. The van der Waals surface area contributed by atoms with E-state index in [1.54, 1.807) is 0 Å². The Morgan fingerprint density at radius 1 is 1.20 bits per heavy atom. The maximum atomic E-state index is 12.2. The largest absolute Gasteiger partial charge is 0.507 e. The minimum Gasteiger partial charge on any atom is -0.507 e. The molecule has 132 valence electrons. The Morgan fingerprint density at radius 2 is 1.80 bits per heavy atom. The number of rotatable bonds is 2. The van der Waals surface area contributed by atoms with Gasteiger partial charge in [0.25, 0.3) is 0 Å². The van der Waals surface area contributed by atoms with Crippen molar-refractivity contribution in [3.63, 3.8) is 0 Å². The molecule has 0 saturated heterocycles. The number of aliphatic hydroxyl groups excluding tert-OH is 1. The number of aromatic hydroxyl groups is 2. The van der Waals surface area contributed by atoms with Crippen LogP contribution in [0, 0.1) is 12.8 Å². The van der Waals surface area contributed by atoms with Gasteiger partial charge in [-0.1, -0.05) is 0 Å². The number of ketones is 3. The maximum absolute atomic E-state index is 12.2. The lowest BCUT2D eigenvalue weighted by atomic mass is 9.66. The average molecular weight is 346 g/mol. The number of benzene rings is 1. The van der Waals surface area contributed by atoms with Gasteiger partial charge in [-0.05, 0) is 27.7 Å². The van der Waals surface area contributed by atoms with Crippen LogP contribution in [-0.4, -0.2) is 38.8 Å². The van der Waals surface area contributed by atoms with Gasteiger partial charge in [0, 0.05) is 11.6 Å². The fraction of sp³-hybridized carbons (Fsp3) is 0.389. The molecule has 1 aromatic carbocycles. The highest BCUT2D eigenvalue weighted by Gasteiger charge is 2.58. The third-order valence-corrected chi connectivity index (χ3v) is 5.16. The van der Waals surface area contributed by atoms with Gasteiger partial charge in [-0.15, -0.1) is 0 Å². The quantitative estimate of drug-likeness (QED) is 0.545. The SMILES string of the molecule is CC(=O)c1c(O)c(C)c(O)c2c1OC1=CC(=O)[C@@H](C(C)=O)[C@@H](O)[C@]12C. The number of allylic oxidation sites excluding steroid dienone is 1. The zero-order valence-electron chi connectivity index (χ0n) is 14.2. The average Bonchev–Trinajstić information content (AvgIpc) is 2.78. The molecule has 0 amide bonds. The summed E-state index contributed by atoms with van der Waals surface area (Å²) in [5.41, 5.74) is -1.39. The first kappa shape index (κ1) is 17.2. The van der Waals surface area contributed by atoms with Crippen LogP contribution in [0.15, 0.2) is 11.8 Å². The number of carbonyl (C=O) groups excluding carboxylic acids is 3. The van der Waals surface area contributed by atoms with Gasteiger partial charge in [0.1, 0.15) is 40.3 Å². The number of fused-ring (bicyclic) bond motifs is 3. The molecule has 0 bridgehead atoms. The first-order chi connectivity index (χ1) is 11.5. The molecule has 7 heteroatoms. The predicted molar refractivity (Wildman–Crippen MR) is 85.8 cm³/mol. The van der Waals surface area contributed by atoms with Crippen molar-refractivity contribution in [3.8, 4) is 17.2 Å². The van der Waals surface area contributed by atoms with Gasteiger partial charge in [0.05, 0.1) is 17.1 Å². The molecule has 1 aliphatic carbocycles. The molecule has 0 spiro atoms. The molecule has 7 nitrogen and oxygen atoms in total. The Labute approximate surface area is 143 Å². The Hall–Kier alpha value is -2.67. The summed E-state index contributed by atoms with van der Waals surface area (Å²) in [6, 6.07) is 0. The fourth-order valence-corrected chi connectivity index (χ4v) is 3.68. The molecule has 0 saturated carbocycles. The van der Waals surface area contributed by atoms with Gasteiger partial charge in [-0.2, -0.15) is 0 Å². The van der Waals surface area contributed by atoms with Gasteiger partial charge in [-0.3, -0.25) is 14.4 Å². The summed E-state index contributed by atoms with van der Waals surface area (Å²) in [6.07, 6.45) is -0.373. The van der Waals surface area contributed by atoms with E-state index in [1.807, 2.05) is 0 Å². The summed E-state index contributed by atoms with van der Waals surface area (Å²) in [5.74, 6) is -3.75. The lowest BCUT2D eigenvalue weighted by Crippen LogP contribution is -2.50. The molecule has 0 unspecified atom stereocenters. The molecule has 3 atom stereocenters. The number of carbonyl (C=O) groups is 3. The summed E-state index contributed by atoms with van der Waals surface area (Å²) in [4.78, 5) is 36.0. The molecule has 1 aromatic rings. The van der Waals surface area contributed by atoms with E-state index in [9.17, 15) is 29.7 Å². The molecule has 0 fully saturated rings. The van der Waals surface area contributed by atoms with Gasteiger partial charge < -0.3 is 20.1 Å². The Morgan fingerprint density at radius 3 is 2.32 bits per heavy atom. The Balaban J connectivity index is 2.39. The van der Waals surface area contributed by atoms with Crippen LogP contribution in [0.3, 0.4) is 0 Å². The van der Waals surface area contributed by atoms with Crippen LogP contribution in [0.2, 0.25) is 0 Å². The number of aliphatic hydroxyl groups is 1. The van der Waals surface area contributed by atoms with Crippen LogP contribution in [0.25, 0.3) is 0 Å². The molecule has 3 N–H and O–H groups in total.